The lowest BCUT2D eigenvalue weighted by molar-refractivity contribution is 0.623. The second-order valence-corrected chi connectivity index (χ2v) is 6.13. The molecule has 0 unspecified atom stereocenters. The first-order valence-corrected chi connectivity index (χ1v) is 7.28. The van der Waals surface area contributed by atoms with Crippen LogP contribution >= 0.6 is 27.7 Å². The SMILES string of the molecule is Cc1cc(SCC2CCCC2)ncc1Br. The molecular weight excluding hydrogens is 270 g/mol. The van der Waals surface area contributed by atoms with E-state index in [9.17, 15) is 0 Å². The Labute approximate surface area is 104 Å². The third-order valence-corrected chi connectivity index (χ3v) is 4.95. The topological polar surface area (TPSA) is 12.9 Å². The van der Waals surface area contributed by atoms with E-state index in [0.29, 0.717) is 0 Å². The zero-order valence-corrected chi connectivity index (χ0v) is 11.4. The molecule has 1 nitrogen and oxygen atoms in total. The van der Waals surface area contributed by atoms with E-state index in [1.807, 2.05) is 18.0 Å². The molecule has 1 aliphatic carbocycles. The van der Waals surface area contributed by atoms with Gasteiger partial charge in [-0.25, -0.2) is 4.98 Å². The van der Waals surface area contributed by atoms with E-state index < -0.39 is 0 Å². The highest BCUT2D eigenvalue weighted by Gasteiger charge is 2.15. The van der Waals surface area contributed by atoms with Gasteiger partial charge in [-0.05, 0) is 53.2 Å². The van der Waals surface area contributed by atoms with Crippen molar-refractivity contribution in [2.24, 2.45) is 5.92 Å². The summed E-state index contributed by atoms with van der Waals surface area (Å²) in [6.45, 7) is 2.12. The van der Waals surface area contributed by atoms with Gasteiger partial charge in [-0.3, -0.25) is 0 Å². The van der Waals surface area contributed by atoms with Crippen LogP contribution in [-0.2, 0) is 0 Å². The summed E-state index contributed by atoms with van der Waals surface area (Å²) < 4.78 is 1.10. The van der Waals surface area contributed by atoms with Crippen LogP contribution in [0.15, 0.2) is 21.8 Å². The van der Waals surface area contributed by atoms with Gasteiger partial charge < -0.3 is 0 Å². The van der Waals surface area contributed by atoms with Crippen LogP contribution < -0.4 is 0 Å². The zero-order valence-electron chi connectivity index (χ0n) is 9.00. The van der Waals surface area contributed by atoms with Crippen molar-refractivity contribution in [1.29, 1.82) is 0 Å². The molecule has 0 bridgehead atoms. The molecule has 0 atom stereocenters. The Hall–Kier alpha value is -0.0200. The third kappa shape index (κ3) is 3.22. The molecule has 0 N–H and O–H groups in total. The summed E-state index contributed by atoms with van der Waals surface area (Å²) in [6, 6.07) is 2.17. The second-order valence-electron chi connectivity index (χ2n) is 4.23. The lowest BCUT2D eigenvalue weighted by Gasteiger charge is -2.08. The van der Waals surface area contributed by atoms with Gasteiger partial charge in [0.1, 0.15) is 0 Å². The minimum absolute atomic E-state index is 0.931. The van der Waals surface area contributed by atoms with Crippen LogP contribution in [0.5, 0.6) is 0 Å². The summed E-state index contributed by atoms with van der Waals surface area (Å²) in [5.41, 5.74) is 1.28. The van der Waals surface area contributed by atoms with Crippen molar-refractivity contribution in [1.82, 2.24) is 4.98 Å². The fourth-order valence-electron chi connectivity index (χ4n) is 1.97. The Kier molecular flexibility index (Phi) is 4.09. The van der Waals surface area contributed by atoms with Gasteiger partial charge in [0, 0.05) is 16.4 Å². The average Bonchev–Trinajstić information content (AvgIpc) is 2.73. The maximum absolute atomic E-state index is 4.42. The van der Waals surface area contributed by atoms with Gasteiger partial charge in [-0.2, -0.15) is 0 Å². The molecule has 0 radical (unpaired) electrons. The molecule has 82 valence electrons. The fourth-order valence-corrected chi connectivity index (χ4v) is 3.32. The van der Waals surface area contributed by atoms with Crippen LogP contribution in [0.4, 0.5) is 0 Å². The highest BCUT2D eigenvalue weighted by Crippen LogP contribution is 2.31. The second kappa shape index (κ2) is 5.35. The van der Waals surface area contributed by atoms with Crippen LogP contribution in [0.3, 0.4) is 0 Å². The van der Waals surface area contributed by atoms with E-state index in [1.165, 1.54) is 42.0 Å². The van der Waals surface area contributed by atoms with Crippen molar-refractivity contribution in [2.45, 2.75) is 37.6 Å². The lowest BCUT2D eigenvalue weighted by Crippen LogP contribution is -1.97. The number of thioether (sulfide) groups is 1. The third-order valence-electron chi connectivity index (χ3n) is 2.96. The number of hydrogen-bond acceptors (Lipinski definition) is 2. The van der Waals surface area contributed by atoms with Crippen molar-refractivity contribution in [2.75, 3.05) is 5.75 Å². The predicted molar refractivity (Wildman–Crippen MR) is 69.4 cm³/mol. The lowest BCUT2D eigenvalue weighted by atomic mass is 10.1. The molecule has 1 fully saturated rings. The van der Waals surface area contributed by atoms with Crippen molar-refractivity contribution < 1.29 is 0 Å². The summed E-state index contributed by atoms with van der Waals surface area (Å²) in [6.07, 6.45) is 7.60. The molecule has 0 aromatic carbocycles. The number of aryl methyl sites for hydroxylation is 1. The van der Waals surface area contributed by atoms with Gasteiger partial charge in [0.25, 0.3) is 0 Å². The van der Waals surface area contributed by atoms with Gasteiger partial charge in [0.15, 0.2) is 0 Å². The maximum Gasteiger partial charge on any atom is 0.0963 e. The van der Waals surface area contributed by atoms with Crippen LogP contribution in [-0.4, -0.2) is 10.7 Å². The van der Waals surface area contributed by atoms with E-state index in [1.54, 1.807) is 0 Å². The van der Waals surface area contributed by atoms with E-state index in [-0.39, 0.29) is 0 Å². The van der Waals surface area contributed by atoms with Crippen LogP contribution in [0, 0.1) is 12.8 Å². The van der Waals surface area contributed by atoms with Crippen molar-refractivity contribution in [3.63, 3.8) is 0 Å². The predicted octanol–water partition coefficient (Wildman–Crippen LogP) is 4.43. The van der Waals surface area contributed by atoms with Crippen LogP contribution in [0.1, 0.15) is 31.2 Å². The fraction of sp³-hybridized carbons (Fsp3) is 0.583. The summed E-state index contributed by atoms with van der Waals surface area (Å²) >= 11 is 5.38. The standard InChI is InChI=1S/C12H16BrNS/c1-9-6-12(14-7-11(9)13)15-8-10-4-2-3-5-10/h6-7,10H,2-5,8H2,1H3. The Morgan fingerprint density at radius 1 is 1.47 bits per heavy atom. The van der Waals surface area contributed by atoms with Gasteiger partial charge in [0.05, 0.1) is 5.03 Å². The molecule has 0 aliphatic heterocycles. The number of halogens is 1. The Bertz CT molecular complexity index is 334. The number of pyridine rings is 1. The number of aromatic nitrogens is 1. The van der Waals surface area contributed by atoms with Gasteiger partial charge in [-0.15, -0.1) is 11.8 Å². The summed E-state index contributed by atoms with van der Waals surface area (Å²) in [5, 5.41) is 1.17. The monoisotopic (exact) mass is 285 g/mol. The van der Waals surface area contributed by atoms with Crippen molar-refractivity contribution in [3.8, 4) is 0 Å². The van der Waals surface area contributed by atoms with E-state index in [0.717, 1.165) is 10.4 Å². The minimum atomic E-state index is 0.931. The quantitative estimate of drug-likeness (QED) is 0.762. The van der Waals surface area contributed by atoms with Gasteiger partial charge in [-0.1, -0.05) is 12.8 Å². The molecule has 2 rings (SSSR count). The van der Waals surface area contributed by atoms with Gasteiger partial charge >= 0.3 is 0 Å². The first kappa shape index (κ1) is 11.5. The molecule has 0 amide bonds. The van der Waals surface area contributed by atoms with E-state index >= 15 is 0 Å². The summed E-state index contributed by atoms with van der Waals surface area (Å²) in [7, 11) is 0. The number of nitrogens with zero attached hydrogens (tertiary/aromatic N) is 1. The molecule has 15 heavy (non-hydrogen) atoms. The largest absolute Gasteiger partial charge is 0.249 e. The van der Waals surface area contributed by atoms with Crippen LogP contribution in [0.25, 0.3) is 0 Å². The number of rotatable bonds is 3. The van der Waals surface area contributed by atoms with E-state index in [2.05, 4.69) is 33.9 Å². The van der Waals surface area contributed by atoms with Gasteiger partial charge in [0.2, 0.25) is 0 Å². The molecule has 1 saturated carbocycles. The normalized spacial score (nSPS) is 17.2. The molecule has 3 heteroatoms. The maximum atomic E-state index is 4.42. The van der Waals surface area contributed by atoms with Crippen molar-refractivity contribution in [3.05, 3.63) is 22.3 Å². The molecule has 1 heterocycles. The smallest absolute Gasteiger partial charge is 0.0963 e. The summed E-state index contributed by atoms with van der Waals surface area (Å²) in [4.78, 5) is 4.42. The molecular formula is C12H16BrNS. The first-order chi connectivity index (χ1) is 7.25. The number of hydrogen-bond donors (Lipinski definition) is 0. The average molecular weight is 286 g/mol. The van der Waals surface area contributed by atoms with Crippen molar-refractivity contribution >= 4 is 27.7 Å². The molecule has 1 aliphatic rings. The zero-order chi connectivity index (χ0) is 10.7. The Balaban J connectivity index is 1.90. The summed E-state index contributed by atoms with van der Waals surface area (Å²) in [5.74, 6) is 2.18. The molecule has 1 aromatic heterocycles. The minimum Gasteiger partial charge on any atom is -0.249 e. The Morgan fingerprint density at radius 3 is 2.87 bits per heavy atom. The molecule has 0 saturated heterocycles. The van der Waals surface area contributed by atoms with Crippen LogP contribution in [0.2, 0.25) is 0 Å². The highest BCUT2D eigenvalue weighted by atomic mass is 79.9. The Morgan fingerprint density at radius 2 is 2.20 bits per heavy atom. The van der Waals surface area contributed by atoms with E-state index in [4.69, 9.17) is 0 Å². The highest BCUT2D eigenvalue weighted by molar-refractivity contribution is 9.10. The molecule has 1 aromatic rings. The molecule has 0 spiro atoms. The first-order valence-electron chi connectivity index (χ1n) is 5.50.